The number of nitrogens with zero attached hydrogens (tertiary/aromatic N) is 9. The average Bonchev–Trinajstić information content (AvgIpc) is 3.84. The van der Waals surface area contributed by atoms with Crippen LogP contribution in [0.5, 0.6) is 0 Å². The second-order valence-electron chi connectivity index (χ2n) is 18.8. The highest BCUT2D eigenvalue weighted by atomic mass is 32.2. The third kappa shape index (κ3) is 6.40. The van der Waals surface area contributed by atoms with Crippen LogP contribution in [0.4, 0.5) is 8.78 Å². The van der Waals surface area contributed by atoms with Gasteiger partial charge in [-0.1, -0.05) is 18.1 Å². The van der Waals surface area contributed by atoms with Gasteiger partial charge in [0.2, 0.25) is 0 Å². The Morgan fingerprint density at radius 2 is 1.68 bits per heavy atom. The Hall–Kier alpha value is -6.44. The number of hydrogen-bond acceptors (Lipinski definition) is 9. The molecule has 0 radical (unpaired) electrons. The number of ether oxygens (including phenoxy) is 1. The smallest absolute Gasteiger partial charge is 0.376 e. The van der Waals surface area contributed by atoms with Gasteiger partial charge in [-0.15, -0.1) is 0 Å². The highest BCUT2D eigenvalue weighted by molar-refractivity contribution is 7.89. The van der Waals surface area contributed by atoms with Crippen LogP contribution in [0, 0.1) is 31.4 Å². The monoisotopic (exact) mass is 918 g/mol. The zero-order chi connectivity index (χ0) is 46.2. The van der Waals surface area contributed by atoms with Crippen molar-refractivity contribution in [3.05, 3.63) is 134 Å². The fraction of sp³-hybridized carbons (Fsp3) is 0.383. The lowest BCUT2D eigenvalue weighted by molar-refractivity contribution is -0.0592. The van der Waals surface area contributed by atoms with Crippen molar-refractivity contribution in [3.8, 4) is 17.2 Å². The van der Waals surface area contributed by atoms with Gasteiger partial charge in [-0.05, 0) is 131 Å². The van der Waals surface area contributed by atoms with Gasteiger partial charge in [-0.2, -0.15) is 14.5 Å². The number of aromatic nitrogens is 9. The molecule has 3 aromatic carbocycles. The number of fused-ring (bicyclic) bond motifs is 3. The molecule has 0 spiro atoms. The number of hydrogen-bond donors (Lipinski definition) is 1. The van der Waals surface area contributed by atoms with E-state index in [1.54, 1.807) is 59.1 Å². The van der Waals surface area contributed by atoms with E-state index in [4.69, 9.17) is 14.4 Å². The van der Waals surface area contributed by atoms with Gasteiger partial charge in [-0.3, -0.25) is 23.3 Å². The largest absolute Gasteiger partial charge is 0.438 e. The van der Waals surface area contributed by atoms with Crippen LogP contribution in [0.2, 0.25) is 0 Å². The molecule has 1 saturated heterocycles. The van der Waals surface area contributed by atoms with Gasteiger partial charge in [-0.25, -0.2) is 31.5 Å². The lowest BCUT2D eigenvalue weighted by atomic mass is 9.83. The molecule has 3 atom stereocenters. The zero-order valence-electron chi connectivity index (χ0n) is 37.3. The molecule has 5 aromatic heterocycles. The molecule has 3 aliphatic rings. The van der Waals surface area contributed by atoms with Gasteiger partial charge < -0.3 is 9.30 Å². The van der Waals surface area contributed by atoms with Crippen molar-refractivity contribution in [2.45, 2.75) is 95.4 Å². The van der Waals surface area contributed by atoms with Crippen molar-refractivity contribution >= 4 is 31.8 Å². The van der Waals surface area contributed by atoms with E-state index in [-0.39, 0.29) is 64.1 Å². The predicted molar refractivity (Wildman–Crippen MR) is 240 cm³/mol. The summed E-state index contributed by atoms with van der Waals surface area (Å²) in [5.41, 5.74) is 2.50. The van der Waals surface area contributed by atoms with E-state index in [1.165, 1.54) is 38.1 Å². The van der Waals surface area contributed by atoms with Gasteiger partial charge in [0, 0.05) is 50.1 Å². The van der Waals surface area contributed by atoms with Crippen molar-refractivity contribution in [1.29, 1.82) is 0 Å². The van der Waals surface area contributed by atoms with Crippen LogP contribution in [-0.2, 0) is 40.3 Å². The lowest BCUT2D eigenvalue weighted by Gasteiger charge is -2.35. The average molecular weight is 919 g/mol. The number of nitrogens with one attached hydrogen (secondary N) is 1. The minimum atomic E-state index is -4.40. The van der Waals surface area contributed by atoms with Crippen LogP contribution in [0.25, 0.3) is 39.0 Å². The normalized spacial score (nSPS) is 21.2. The lowest BCUT2D eigenvalue weighted by Crippen LogP contribution is -2.35. The van der Waals surface area contributed by atoms with Crippen LogP contribution in [0.15, 0.2) is 86.3 Å². The van der Waals surface area contributed by atoms with Crippen molar-refractivity contribution in [2.75, 3.05) is 13.2 Å². The Morgan fingerprint density at radius 3 is 2.39 bits per heavy atom. The number of H-pyrrole nitrogens is 1. The van der Waals surface area contributed by atoms with E-state index in [1.807, 2.05) is 13.0 Å². The van der Waals surface area contributed by atoms with E-state index in [0.29, 0.717) is 65.0 Å². The van der Waals surface area contributed by atoms with Crippen LogP contribution in [0.1, 0.15) is 86.1 Å². The number of sulfonamides is 1. The minimum absolute atomic E-state index is 0.00212. The molecule has 8 aromatic rings. The number of aromatic amines is 1. The first-order valence-corrected chi connectivity index (χ1v) is 23.6. The summed E-state index contributed by atoms with van der Waals surface area (Å²) in [6.07, 6.45) is 7.22. The van der Waals surface area contributed by atoms with Crippen LogP contribution < -0.4 is 11.4 Å². The fourth-order valence-corrected chi connectivity index (χ4v) is 12.3. The quantitative estimate of drug-likeness (QED) is 0.172. The molecular formula is C47H48F2N10O6S. The maximum atomic E-state index is 16.1. The molecule has 16 nitrogen and oxygen atoms in total. The van der Waals surface area contributed by atoms with Crippen LogP contribution in [0.3, 0.4) is 0 Å². The first-order chi connectivity index (χ1) is 31.5. The van der Waals surface area contributed by atoms with E-state index >= 15 is 17.2 Å². The topological polar surface area (TPSA) is 173 Å². The van der Waals surface area contributed by atoms with Crippen molar-refractivity contribution in [3.63, 3.8) is 0 Å². The molecule has 0 amide bonds. The molecule has 2 fully saturated rings. The van der Waals surface area contributed by atoms with Crippen molar-refractivity contribution in [1.82, 2.24) is 47.7 Å². The first-order valence-electron chi connectivity index (χ1n) is 22.1. The fourth-order valence-electron chi connectivity index (χ4n) is 10.6. The van der Waals surface area contributed by atoms with E-state index < -0.39 is 32.8 Å². The van der Waals surface area contributed by atoms with Gasteiger partial charge in [0.15, 0.2) is 16.7 Å². The minimum Gasteiger partial charge on any atom is -0.376 e. The summed E-state index contributed by atoms with van der Waals surface area (Å²) in [6.45, 7) is 9.96. The number of aryl methyl sites for hydroxylation is 4. The number of imidazole rings is 1. The highest BCUT2D eigenvalue weighted by Gasteiger charge is 2.59. The molecule has 11 rings (SSSR count). The summed E-state index contributed by atoms with van der Waals surface area (Å²) < 4.78 is 82.5. The number of halogens is 2. The molecule has 1 saturated carbocycles. The van der Waals surface area contributed by atoms with Gasteiger partial charge in [0.05, 0.1) is 45.3 Å². The van der Waals surface area contributed by atoms with E-state index in [9.17, 15) is 9.59 Å². The van der Waals surface area contributed by atoms with Crippen LogP contribution >= 0.6 is 0 Å². The summed E-state index contributed by atoms with van der Waals surface area (Å²) in [4.78, 5) is 29.8. The standard InChI is InChI=1S/C47H48F2N10O6S/c1-26-18-32(19-27(2)40(26)48)59-42(57-16-15-56(45(57)61)38-12-11-37-33(41(38)49)24-50-54(37)6)34-25-55(14-7-8-35(34)52-59)66(62,63)39-21-31-20-29(30-13-17-64-46(4,5)23-30)9-10-36(31)58(39)47(22-28(47)3)43-51-44(60)65-53-43/h9-12,15-16,18-21,24,28,30H,7-8,13-14,17,22-23,25H2,1-6H3,(H,51,53,60)/t28-,30?,47-/m0/s1. The third-order valence-electron chi connectivity index (χ3n) is 14.1. The van der Waals surface area contributed by atoms with Crippen molar-refractivity contribution < 1.29 is 26.5 Å². The summed E-state index contributed by atoms with van der Waals surface area (Å²) in [6, 6.07) is 14.2. The Morgan fingerprint density at radius 1 is 0.939 bits per heavy atom. The Labute approximate surface area is 377 Å². The molecule has 1 N–H and O–H groups in total. The molecule has 66 heavy (non-hydrogen) atoms. The maximum Gasteiger partial charge on any atom is 0.438 e. The molecule has 7 heterocycles. The zero-order valence-corrected chi connectivity index (χ0v) is 38.1. The van der Waals surface area contributed by atoms with E-state index in [0.717, 1.165) is 23.8 Å². The Bertz CT molecular complexity index is 3510. The second kappa shape index (κ2) is 14.8. The molecule has 2 aliphatic heterocycles. The third-order valence-corrected chi connectivity index (χ3v) is 15.9. The maximum absolute atomic E-state index is 16.1. The molecular weight excluding hydrogens is 871 g/mol. The molecule has 0 bridgehead atoms. The highest BCUT2D eigenvalue weighted by Crippen LogP contribution is 2.56. The predicted octanol–water partition coefficient (Wildman–Crippen LogP) is 6.82. The summed E-state index contributed by atoms with van der Waals surface area (Å²) >= 11 is 0. The second-order valence-corrected chi connectivity index (χ2v) is 20.7. The molecule has 342 valence electrons. The summed E-state index contributed by atoms with van der Waals surface area (Å²) in [5.74, 6) is -1.21. The first kappa shape index (κ1) is 42.2. The Kier molecular flexibility index (Phi) is 9.46. The summed E-state index contributed by atoms with van der Waals surface area (Å²) in [5, 5.41) is 14.3. The molecule has 1 aliphatic carbocycles. The van der Waals surface area contributed by atoms with Gasteiger partial charge in [0.25, 0.3) is 10.0 Å². The van der Waals surface area contributed by atoms with Gasteiger partial charge >= 0.3 is 11.4 Å². The van der Waals surface area contributed by atoms with Gasteiger partial charge in [0.1, 0.15) is 17.2 Å². The van der Waals surface area contributed by atoms with E-state index in [2.05, 4.69) is 41.2 Å². The van der Waals surface area contributed by atoms with Crippen LogP contribution in [-0.4, -0.2) is 74.9 Å². The number of rotatable bonds is 8. The Balaban J connectivity index is 1.07. The van der Waals surface area contributed by atoms with Crippen molar-refractivity contribution in [2.24, 2.45) is 13.0 Å². The molecule has 19 heteroatoms. The summed E-state index contributed by atoms with van der Waals surface area (Å²) in [7, 11) is -2.70. The SMILES string of the molecule is Cc1cc(-n2nc3c(c2-n2ccn(-c4ccc5c(cnn5C)c4F)c2=O)CN(S(=O)(=O)c2cc4cc(C5CCOC(C)(C)C5)ccc4n2[C@@]2(c4noc(=O)[nH]4)C[C@@H]2C)CCC3)cc(C)c1F. The molecule has 1 unspecified atom stereocenters. The number of benzene rings is 3.